The van der Waals surface area contributed by atoms with E-state index >= 15 is 0 Å². The predicted molar refractivity (Wildman–Crippen MR) is 85.2 cm³/mol. The molecule has 0 bridgehead atoms. The van der Waals surface area contributed by atoms with Gasteiger partial charge in [0, 0.05) is 4.88 Å². The number of hydrogen-bond acceptors (Lipinski definition) is 4. The molecule has 0 unspecified atom stereocenters. The van der Waals surface area contributed by atoms with Crippen molar-refractivity contribution in [2.75, 3.05) is 4.72 Å². The average Bonchev–Trinajstić information content (AvgIpc) is 2.77. The van der Waals surface area contributed by atoms with E-state index in [2.05, 4.69) is 20.7 Å². The molecule has 2 rings (SSSR count). The summed E-state index contributed by atoms with van der Waals surface area (Å²) < 4.78 is 27.4. The lowest BCUT2D eigenvalue weighted by Gasteiger charge is -2.09. The Balaban J connectivity index is 2.40. The highest BCUT2D eigenvalue weighted by molar-refractivity contribution is 9.11. The largest absolute Gasteiger partial charge is 0.391 e. The van der Waals surface area contributed by atoms with Crippen molar-refractivity contribution >= 4 is 66.2 Å². The van der Waals surface area contributed by atoms with Crippen LogP contribution in [0.1, 0.15) is 4.88 Å². The highest BCUT2D eigenvalue weighted by atomic mass is 79.9. The van der Waals surface area contributed by atoms with Crippen LogP contribution in [0.15, 0.2) is 32.9 Å². The molecule has 2 aromatic rings. The summed E-state index contributed by atoms with van der Waals surface area (Å²) in [7, 11) is -3.81. The predicted octanol–water partition coefficient (Wildman–Crippen LogP) is 4.11. The van der Waals surface area contributed by atoms with Gasteiger partial charge in [0.15, 0.2) is 0 Å². The first-order valence-electron chi connectivity index (χ1n) is 5.21. The summed E-state index contributed by atoms with van der Waals surface area (Å²) in [4.78, 5) is 0.581. The van der Waals surface area contributed by atoms with Crippen molar-refractivity contribution in [1.29, 1.82) is 0 Å². The van der Waals surface area contributed by atoms with Crippen LogP contribution in [-0.4, -0.2) is 13.5 Å². The maximum Gasteiger partial charge on any atom is 0.263 e. The zero-order valence-corrected chi connectivity index (χ0v) is 14.5. The Hall–Kier alpha value is -0.310. The van der Waals surface area contributed by atoms with Gasteiger partial charge in [0.05, 0.1) is 26.1 Å². The molecule has 0 aliphatic heterocycles. The molecule has 0 fully saturated rings. The first-order valence-corrected chi connectivity index (χ1v) is 9.06. The smallest absolute Gasteiger partial charge is 0.263 e. The van der Waals surface area contributed by atoms with Crippen molar-refractivity contribution < 1.29 is 13.5 Å². The van der Waals surface area contributed by atoms with Gasteiger partial charge in [-0.3, -0.25) is 4.72 Å². The number of rotatable bonds is 4. The molecule has 0 aliphatic carbocycles. The minimum absolute atomic E-state index is 0.0441. The first-order chi connectivity index (χ1) is 9.35. The zero-order chi connectivity index (χ0) is 14.9. The molecule has 2 N–H and O–H groups in total. The topological polar surface area (TPSA) is 66.4 Å². The first kappa shape index (κ1) is 16.1. The van der Waals surface area contributed by atoms with Crippen LogP contribution in [0.2, 0.25) is 10.0 Å². The Labute approximate surface area is 138 Å². The van der Waals surface area contributed by atoms with Crippen LogP contribution in [0, 0.1) is 0 Å². The average molecular weight is 417 g/mol. The second-order valence-electron chi connectivity index (χ2n) is 3.72. The molecule has 0 saturated carbocycles. The molecule has 4 nitrogen and oxygen atoms in total. The number of halogens is 3. The van der Waals surface area contributed by atoms with Crippen LogP contribution >= 0.6 is 50.5 Å². The van der Waals surface area contributed by atoms with E-state index in [1.165, 1.54) is 12.1 Å². The number of thiophene rings is 1. The molecular formula is C11H8BrCl2NO3S2. The molecule has 0 spiro atoms. The Kier molecular flexibility index (Phi) is 4.99. The number of aliphatic hydroxyl groups is 1. The maximum absolute atomic E-state index is 12.3. The molecule has 1 heterocycles. The van der Waals surface area contributed by atoms with Crippen LogP contribution in [0.25, 0.3) is 0 Å². The highest BCUT2D eigenvalue weighted by Gasteiger charge is 2.22. The summed E-state index contributed by atoms with van der Waals surface area (Å²) in [5, 5.41) is 9.43. The number of hydrogen-bond donors (Lipinski definition) is 2. The van der Waals surface area contributed by atoms with E-state index < -0.39 is 10.0 Å². The van der Waals surface area contributed by atoms with E-state index in [4.69, 9.17) is 28.3 Å². The van der Waals surface area contributed by atoms with Gasteiger partial charge < -0.3 is 5.11 Å². The van der Waals surface area contributed by atoms with Gasteiger partial charge in [-0.2, -0.15) is 0 Å². The minimum Gasteiger partial charge on any atom is -0.391 e. The number of benzene rings is 1. The van der Waals surface area contributed by atoms with Gasteiger partial charge in [0.1, 0.15) is 4.90 Å². The molecule has 0 atom stereocenters. The molecule has 1 aromatic heterocycles. The third-order valence-electron chi connectivity index (χ3n) is 2.35. The summed E-state index contributed by atoms with van der Waals surface area (Å²) >= 11 is 16.1. The minimum atomic E-state index is -3.81. The Morgan fingerprint density at radius 2 is 2.05 bits per heavy atom. The lowest BCUT2D eigenvalue weighted by molar-refractivity contribution is 0.285. The standard InChI is InChI=1S/C11H8BrCl2NO3S2/c12-11-9(4-6(5-16)19-11)20(17,18)15-8-3-1-2-7(13)10(8)14/h1-4,15-16H,5H2. The van der Waals surface area contributed by atoms with E-state index in [0.29, 0.717) is 8.66 Å². The monoisotopic (exact) mass is 415 g/mol. The lowest BCUT2D eigenvalue weighted by Crippen LogP contribution is -2.13. The van der Waals surface area contributed by atoms with E-state index in [1.807, 2.05) is 0 Å². The van der Waals surface area contributed by atoms with Crippen molar-refractivity contribution in [2.24, 2.45) is 0 Å². The van der Waals surface area contributed by atoms with Crippen molar-refractivity contribution in [3.8, 4) is 0 Å². The maximum atomic E-state index is 12.3. The molecule has 0 saturated heterocycles. The Morgan fingerprint density at radius 1 is 1.35 bits per heavy atom. The number of anilines is 1. The van der Waals surface area contributed by atoms with Crippen molar-refractivity contribution in [3.05, 3.63) is 43.0 Å². The Morgan fingerprint density at radius 3 is 2.65 bits per heavy atom. The van der Waals surface area contributed by atoms with Gasteiger partial charge in [0.2, 0.25) is 0 Å². The van der Waals surface area contributed by atoms with Crippen LogP contribution in [0.3, 0.4) is 0 Å². The van der Waals surface area contributed by atoms with Crippen LogP contribution < -0.4 is 4.72 Å². The van der Waals surface area contributed by atoms with Crippen molar-refractivity contribution in [3.63, 3.8) is 0 Å². The van der Waals surface area contributed by atoms with E-state index in [0.717, 1.165) is 11.3 Å². The van der Waals surface area contributed by atoms with Gasteiger partial charge in [0.25, 0.3) is 10.0 Å². The van der Waals surface area contributed by atoms with E-state index in [9.17, 15) is 8.42 Å². The number of nitrogens with one attached hydrogen (secondary N) is 1. The molecule has 20 heavy (non-hydrogen) atoms. The molecule has 9 heteroatoms. The van der Waals surface area contributed by atoms with Gasteiger partial charge in [-0.15, -0.1) is 11.3 Å². The van der Waals surface area contributed by atoms with Gasteiger partial charge >= 0.3 is 0 Å². The molecular weight excluding hydrogens is 409 g/mol. The zero-order valence-electron chi connectivity index (χ0n) is 9.73. The second-order valence-corrected chi connectivity index (χ2v) is 8.61. The van der Waals surface area contributed by atoms with Gasteiger partial charge in [-0.25, -0.2) is 8.42 Å². The van der Waals surface area contributed by atoms with E-state index in [1.54, 1.807) is 12.1 Å². The van der Waals surface area contributed by atoms with Crippen LogP contribution in [0.5, 0.6) is 0 Å². The Bertz CT molecular complexity index is 746. The third-order valence-corrected chi connectivity index (χ3v) is 6.77. The number of sulfonamides is 1. The third kappa shape index (κ3) is 3.29. The fourth-order valence-corrected chi connectivity index (χ4v) is 5.46. The molecule has 0 aliphatic rings. The lowest BCUT2D eigenvalue weighted by atomic mass is 10.3. The quantitative estimate of drug-likeness (QED) is 0.787. The van der Waals surface area contributed by atoms with Gasteiger partial charge in [-0.1, -0.05) is 29.3 Å². The second kappa shape index (κ2) is 6.21. The van der Waals surface area contributed by atoms with Gasteiger partial charge in [-0.05, 0) is 34.1 Å². The summed E-state index contributed by atoms with van der Waals surface area (Å²) in [6, 6.07) is 6.06. The summed E-state index contributed by atoms with van der Waals surface area (Å²) in [6.45, 7) is -0.225. The van der Waals surface area contributed by atoms with Crippen molar-refractivity contribution in [2.45, 2.75) is 11.5 Å². The van der Waals surface area contributed by atoms with Crippen LogP contribution in [0.4, 0.5) is 5.69 Å². The summed E-state index contributed by atoms with van der Waals surface area (Å²) in [5.74, 6) is 0. The fourth-order valence-electron chi connectivity index (χ4n) is 1.44. The van der Waals surface area contributed by atoms with E-state index in [-0.39, 0.29) is 27.2 Å². The molecule has 108 valence electrons. The molecule has 1 aromatic carbocycles. The number of aliphatic hydroxyl groups excluding tert-OH is 1. The van der Waals surface area contributed by atoms with Crippen molar-refractivity contribution in [1.82, 2.24) is 0 Å². The fraction of sp³-hybridized carbons (Fsp3) is 0.0909. The SMILES string of the molecule is O=S(=O)(Nc1cccc(Cl)c1Cl)c1cc(CO)sc1Br. The summed E-state index contributed by atoms with van der Waals surface area (Å²) in [5.41, 5.74) is 0.197. The normalized spacial score (nSPS) is 11.6. The molecule has 0 radical (unpaired) electrons. The summed E-state index contributed by atoms with van der Waals surface area (Å²) in [6.07, 6.45) is 0. The molecule has 0 amide bonds. The van der Waals surface area contributed by atoms with Crippen LogP contribution in [-0.2, 0) is 16.6 Å². The highest BCUT2D eigenvalue weighted by Crippen LogP contribution is 2.35.